The number of thioether (sulfide) groups is 1. The molecule has 4 nitrogen and oxygen atoms in total. The highest BCUT2D eigenvalue weighted by atomic mass is 32.2. The molecule has 0 bridgehead atoms. The molecule has 1 fully saturated rings. The normalized spacial score (nSPS) is 21.5. The first kappa shape index (κ1) is 16.8. The second-order valence-electron chi connectivity index (χ2n) is 5.67. The predicted molar refractivity (Wildman–Crippen MR) is 89.2 cm³/mol. The lowest BCUT2D eigenvalue weighted by molar-refractivity contribution is 0.250. The maximum Gasteiger partial charge on any atom is 0.208 e. The van der Waals surface area contributed by atoms with E-state index < -0.39 is 10.0 Å². The maximum absolute atomic E-state index is 11.3. The van der Waals surface area contributed by atoms with Gasteiger partial charge in [-0.15, -0.1) is 11.8 Å². The molecule has 6 heteroatoms. The standard InChI is InChI=1S/C15H24N2O2S2/c1-13(9-11-20-15-6-4-3-5-7-15)17-10-8-14(12-17)16-21(2,18)19/h3-7,13-14,16H,8-12H2,1-2H3/t13-,14-/m0/s1. The first-order chi connectivity index (χ1) is 9.94. The topological polar surface area (TPSA) is 49.4 Å². The van der Waals surface area contributed by atoms with Gasteiger partial charge >= 0.3 is 0 Å². The molecule has 0 aliphatic carbocycles. The lowest BCUT2D eigenvalue weighted by Gasteiger charge is -2.24. The smallest absolute Gasteiger partial charge is 0.208 e. The molecule has 0 saturated carbocycles. The summed E-state index contributed by atoms with van der Waals surface area (Å²) in [5.74, 6) is 1.09. The van der Waals surface area contributed by atoms with E-state index in [1.165, 1.54) is 11.2 Å². The summed E-state index contributed by atoms with van der Waals surface area (Å²) in [7, 11) is -3.09. The van der Waals surface area contributed by atoms with Crippen LogP contribution in [-0.4, -0.2) is 50.5 Å². The predicted octanol–water partition coefficient (Wildman–Crippen LogP) is 2.18. The molecule has 1 N–H and O–H groups in total. The Kier molecular flexibility index (Phi) is 6.10. The van der Waals surface area contributed by atoms with E-state index in [0.29, 0.717) is 6.04 Å². The fourth-order valence-electron chi connectivity index (χ4n) is 2.63. The molecule has 2 rings (SSSR count). The van der Waals surface area contributed by atoms with Crippen molar-refractivity contribution in [1.29, 1.82) is 0 Å². The van der Waals surface area contributed by atoms with Crippen LogP contribution in [0.25, 0.3) is 0 Å². The number of nitrogens with zero attached hydrogens (tertiary/aromatic N) is 1. The number of hydrogen-bond donors (Lipinski definition) is 1. The first-order valence-electron chi connectivity index (χ1n) is 7.33. The molecule has 0 aromatic heterocycles. The summed E-state index contributed by atoms with van der Waals surface area (Å²) in [6, 6.07) is 11.0. The zero-order valence-corrected chi connectivity index (χ0v) is 14.3. The molecule has 0 radical (unpaired) electrons. The molecular formula is C15H24N2O2S2. The van der Waals surface area contributed by atoms with Crippen LogP contribution >= 0.6 is 11.8 Å². The zero-order chi connectivity index (χ0) is 15.3. The fraction of sp³-hybridized carbons (Fsp3) is 0.600. The van der Waals surface area contributed by atoms with Crippen LogP contribution in [0.2, 0.25) is 0 Å². The van der Waals surface area contributed by atoms with E-state index in [1.54, 1.807) is 0 Å². The van der Waals surface area contributed by atoms with Gasteiger partial charge in [0, 0.05) is 30.1 Å². The van der Waals surface area contributed by atoms with Crippen LogP contribution in [0.5, 0.6) is 0 Å². The van der Waals surface area contributed by atoms with Crippen molar-refractivity contribution in [3.63, 3.8) is 0 Å². The number of benzene rings is 1. The van der Waals surface area contributed by atoms with Crippen LogP contribution < -0.4 is 4.72 Å². The molecule has 118 valence electrons. The van der Waals surface area contributed by atoms with E-state index in [4.69, 9.17) is 0 Å². The fourth-order valence-corrected chi connectivity index (χ4v) is 4.48. The minimum absolute atomic E-state index is 0.0734. The quantitative estimate of drug-likeness (QED) is 0.780. The van der Waals surface area contributed by atoms with Crippen molar-refractivity contribution in [1.82, 2.24) is 9.62 Å². The summed E-state index contributed by atoms with van der Waals surface area (Å²) >= 11 is 1.88. The van der Waals surface area contributed by atoms with E-state index in [0.717, 1.165) is 31.7 Å². The van der Waals surface area contributed by atoms with Gasteiger partial charge in [-0.05, 0) is 37.7 Å². The largest absolute Gasteiger partial charge is 0.299 e. The SMILES string of the molecule is C[C@@H](CCSc1ccccc1)N1CC[C@H](NS(C)(=O)=O)C1. The summed E-state index contributed by atoms with van der Waals surface area (Å²) in [5, 5.41) is 0. The van der Waals surface area contributed by atoms with E-state index in [2.05, 4.69) is 40.8 Å². The summed E-state index contributed by atoms with van der Waals surface area (Å²) in [4.78, 5) is 3.69. The molecule has 2 atom stereocenters. The number of hydrogen-bond acceptors (Lipinski definition) is 4. The van der Waals surface area contributed by atoms with Crippen LogP contribution in [0.1, 0.15) is 19.8 Å². The van der Waals surface area contributed by atoms with E-state index >= 15 is 0 Å². The number of nitrogens with one attached hydrogen (secondary N) is 1. The molecule has 1 aliphatic heterocycles. The number of rotatable bonds is 7. The van der Waals surface area contributed by atoms with E-state index in [1.807, 2.05) is 17.8 Å². The monoisotopic (exact) mass is 328 g/mol. The van der Waals surface area contributed by atoms with Gasteiger partial charge in [-0.3, -0.25) is 4.90 Å². The van der Waals surface area contributed by atoms with Crippen molar-refractivity contribution in [2.24, 2.45) is 0 Å². The molecule has 21 heavy (non-hydrogen) atoms. The number of sulfonamides is 1. The average molecular weight is 329 g/mol. The third kappa shape index (κ3) is 5.98. The zero-order valence-electron chi connectivity index (χ0n) is 12.7. The molecule has 0 amide bonds. The van der Waals surface area contributed by atoms with Crippen molar-refractivity contribution in [3.8, 4) is 0 Å². The van der Waals surface area contributed by atoms with E-state index in [9.17, 15) is 8.42 Å². The molecule has 1 aliphatic rings. The van der Waals surface area contributed by atoms with Gasteiger partial charge in [-0.2, -0.15) is 0 Å². The maximum atomic E-state index is 11.3. The van der Waals surface area contributed by atoms with Gasteiger partial charge in [0.05, 0.1) is 6.26 Å². The van der Waals surface area contributed by atoms with Crippen LogP contribution in [0.3, 0.4) is 0 Å². The van der Waals surface area contributed by atoms with E-state index in [-0.39, 0.29) is 6.04 Å². The Morgan fingerprint density at radius 2 is 2.10 bits per heavy atom. The van der Waals surface area contributed by atoms with Gasteiger partial charge in [0.1, 0.15) is 0 Å². The van der Waals surface area contributed by atoms with Crippen LogP contribution in [0.15, 0.2) is 35.2 Å². The van der Waals surface area contributed by atoms with Gasteiger partial charge < -0.3 is 0 Å². The lowest BCUT2D eigenvalue weighted by atomic mass is 10.2. The Morgan fingerprint density at radius 1 is 1.38 bits per heavy atom. The molecular weight excluding hydrogens is 304 g/mol. The van der Waals surface area contributed by atoms with Crippen LogP contribution in [0.4, 0.5) is 0 Å². The molecule has 1 aromatic rings. The van der Waals surface area contributed by atoms with Crippen molar-refractivity contribution in [2.45, 2.75) is 36.7 Å². The highest BCUT2D eigenvalue weighted by Crippen LogP contribution is 2.21. The summed E-state index contributed by atoms with van der Waals surface area (Å²) in [6.45, 7) is 4.03. The minimum Gasteiger partial charge on any atom is -0.299 e. The molecule has 1 saturated heterocycles. The van der Waals surface area contributed by atoms with Gasteiger partial charge in [-0.25, -0.2) is 13.1 Å². The van der Waals surface area contributed by atoms with Gasteiger partial charge in [0.25, 0.3) is 0 Å². The summed E-state index contributed by atoms with van der Waals surface area (Å²) < 4.78 is 25.2. The molecule has 1 heterocycles. The van der Waals surface area contributed by atoms with Crippen molar-refractivity contribution >= 4 is 21.8 Å². The Balaban J connectivity index is 1.71. The second kappa shape index (κ2) is 7.63. The van der Waals surface area contributed by atoms with Crippen LogP contribution in [0, 0.1) is 0 Å². The summed E-state index contributed by atoms with van der Waals surface area (Å²) in [5.41, 5.74) is 0. The third-order valence-electron chi connectivity index (χ3n) is 3.77. The Hall–Kier alpha value is -0.560. The number of likely N-dealkylation sites (tertiary alicyclic amines) is 1. The molecule has 0 spiro atoms. The first-order valence-corrected chi connectivity index (χ1v) is 10.2. The van der Waals surface area contributed by atoms with Gasteiger partial charge in [-0.1, -0.05) is 18.2 Å². The highest BCUT2D eigenvalue weighted by molar-refractivity contribution is 7.99. The Morgan fingerprint density at radius 3 is 2.76 bits per heavy atom. The van der Waals surface area contributed by atoms with Crippen molar-refractivity contribution in [3.05, 3.63) is 30.3 Å². The molecule has 0 unspecified atom stereocenters. The van der Waals surface area contributed by atoms with Gasteiger partial charge in [0.15, 0.2) is 0 Å². The average Bonchev–Trinajstić information content (AvgIpc) is 2.86. The van der Waals surface area contributed by atoms with Crippen LogP contribution in [-0.2, 0) is 10.0 Å². The third-order valence-corrected chi connectivity index (χ3v) is 5.58. The van der Waals surface area contributed by atoms with Crippen molar-refractivity contribution in [2.75, 3.05) is 25.1 Å². The van der Waals surface area contributed by atoms with Gasteiger partial charge in [0.2, 0.25) is 10.0 Å². The Labute approximate surface area is 132 Å². The lowest BCUT2D eigenvalue weighted by Crippen LogP contribution is -2.38. The Bertz CT molecular complexity index is 534. The summed E-state index contributed by atoms with van der Waals surface area (Å²) in [6.07, 6.45) is 3.25. The highest BCUT2D eigenvalue weighted by Gasteiger charge is 2.27. The molecule has 1 aromatic carbocycles. The second-order valence-corrected chi connectivity index (χ2v) is 8.62. The minimum atomic E-state index is -3.09. The van der Waals surface area contributed by atoms with Crippen molar-refractivity contribution < 1.29 is 8.42 Å².